The fourth-order valence-electron chi connectivity index (χ4n) is 2.54. The van der Waals surface area contributed by atoms with Crippen molar-refractivity contribution in [3.63, 3.8) is 0 Å². The van der Waals surface area contributed by atoms with Gasteiger partial charge in [-0.05, 0) is 55.6 Å². The third-order valence-electron chi connectivity index (χ3n) is 3.85. The van der Waals surface area contributed by atoms with Crippen LogP contribution in [0.1, 0.15) is 24.3 Å². The summed E-state index contributed by atoms with van der Waals surface area (Å²) < 4.78 is 0. The molecule has 0 saturated heterocycles. The predicted octanol–water partition coefficient (Wildman–Crippen LogP) is 4.24. The highest BCUT2D eigenvalue weighted by Gasteiger charge is 2.12. The maximum absolute atomic E-state index is 12.3. The number of benzene rings is 1. The zero-order valence-electron chi connectivity index (χ0n) is 13.7. The summed E-state index contributed by atoms with van der Waals surface area (Å²) in [6, 6.07) is 13.6. The number of nitrogens with zero attached hydrogens (tertiary/aromatic N) is 2. The average molecular weight is 340 g/mol. The second kappa shape index (κ2) is 7.31. The molecular weight excluding hydrogens is 320 g/mol. The first-order valence-electron chi connectivity index (χ1n) is 7.97. The van der Waals surface area contributed by atoms with Crippen molar-refractivity contribution in [3.05, 3.63) is 53.5 Å². The first-order valence-corrected chi connectivity index (χ1v) is 8.85. The molecule has 0 aliphatic rings. The Morgan fingerprint density at radius 2 is 1.96 bits per heavy atom. The molecule has 24 heavy (non-hydrogen) atoms. The fourth-order valence-corrected chi connectivity index (χ4v) is 3.23. The molecule has 2 aromatic heterocycles. The molecule has 6 heteroatoms. The Morgan fingerprint density at radius 1 is 1.21 bits per heavy atom. The van der Waals surface area contributed by atoms with Crippen LogP contribution < -0.4 is 10.2 Å². The quantitative estimate of drug-likeness (QED) is 0.706. The van der Waals surface area contributed by atoms with Gasteiger partial charge in [-0.2, -0.15) is 5.10 Å². The number of rotatable bonds is 6. The second-order valence-corrected chi connectivity index (χ2v) is 6.27. The van der Waals surface area contributed by atoms with Crippen LogP contribution in [0.2, 0.25) is 0 Å². The van der Waals surface area contributed by atoms with Crippen LogP contribution in [-0.4, -0.2) is 29.2 Å². The molecular formula is C18H20N4OS. The first-order chi connectivity index (χ1) is 11.7. The number of anilines is 2. The monoisotopic (exact) mass is 340 g/mol. The molecule has 3 rings (SSSR count). The first kappa shape index (κ1) is 16.3. The Labute approximate surface area is 145 Å². The van der Waals surface area contributed by atoms with E-state index >= 15 is 0 Å². The molecule has 0 radical (unpaired) electrons. The van der Waals surface area contributed by atoms with E-state index < -0.39 is 0 Å². The van der Waals surface area contributed by atoms with Crippen LogP contribution in [0.25, 0.3) is 10.6 Å². The van der Waals surface area contributed by atoms with Gasteiger partial charge in [0.2, 0.25) is 0 Å². The molecule has 2 N–H and O–H groups in total. The number of carbonyl (C=O) groups is 1. The van der Waals surface area contributed by atoms with E-state index in [1.807, 2.05) is 41.8 Å². The molecule has 0 saturated carbocycles. The third-order valence-corrected chi connectivity index (χ3v) is 4.75. The number of hydrogen-bond donors (Lipinski definition) is 2. The lowest BCUT2D eigenvalue weighted by Crippen LogP contribution is -2.21. The van der Waals surface area contributed by atoms with Crippen LogP contribution in [0.5, 0.6) is 0 Å². The molecule has 1 amide bonds. The van der Waals surface area contributed by atoms with Crippen molar-refractivity contribution in [2.45, 2.75) is 13.8 Å². The molecule has 0 unspecified atom stereocenters. The number of hydrogen-bond acceptors (Lipinski definition) is 4. The van der Waals surface area contributed by atoms with Crippen molar-refractivity contribution in [2.75, 3.05) is 23.3 Å². The number of aromatic nitrogens is 2. The lowest BCUT2D eigenvalue weighted by molar-refractivity contribution is 0.102. The van der Waals surface area contributed by atoms with Crippen molar-refractivity contribution in [3.8, 4) is 10.6 Å². The van der Waals surface area contributed by atoms with Gasteiger partial charge in [0.1, 0.15) is 0 Å². The number of amides is 1. The van der Waals surface area contributed by atoms with Gasteiger partial charge in [0.15, 0.2) is 5.69 Å². The normalized spacial score (nSPS) is 10.6. The smallest absolute Gasteiger partial charge is 0.276 e. The van der Waals surface area contributed by atoms with E-state index in [1.165, 1.54) is 0 Å². The van der Waals surface area contributed by atoms with E-state index in [9.17, 15) is 4.79 Å². The summed E-state index contributed by atoms with van der Waals surface area (Å²) in [5.41, 5.74) is 3.15. The van der Waals surface area contributed by atoms with Crippen LogP contribution in [0.3, 0.4) is 0 Å². The van der Waals surface area contributed by atoms with Gasteiger partial charge in [-0.1, -0.05) is 6.07 Å². The van der Waals surface area contributed by atoms with Crippen molar-refractivity contribution in [1.82, 2.24) is 10.2 Å². The van der Waals surface area contributed by atoms with E-state index in [0.717, 1.165) is 35.0 Å². The summed E-state index contributed by atoms with van der Waals surface area (Å²) in [4.78, 5) is 15.6. The topological polar surface area (TPSA) is 61.0 Å². The lowest BCUT2D eigenvalue weighted by atomic mass is 10.2. The zero-order valence-corrected chi connectivity index (χ0v) is 14.6. The Kier molecular flexibility index (Phi) is 4.96. The largest absolute Gasteiger partial charge is 0.372 e. The van der Waals surface area contributed by atoms with Gasteiger partial charge in [0, 0.05) is 24.5 Å². The van der Waals surface area contributed by atoms with Crippen LogP contribution in [0, 0.1) is 0 Å². The van der Waals surface area contributed by atoms with E-state index in [0.29, 0.717) is 5.69 Å². The SMILES string of the molecule is CCN(CC)c1ccc(NC(=O)c2cc(-c3cccs3)[nH]n2)cc1. The molecule has 0 fully saturated rings. The summed E-state index contributed by atoms with van der Waals surface area (Å²) >= 11 is 1.61. The highest BCUT2D eigenvalue weighted by Crippen LogP contribution is 2.23. The van der Waals surface area contributed by atoms with Crippen LogP contribution >= 0.6 is 11.3 Å². The number of aromatic amines is 1. The van der Waals surface area contributed by atoms with Gasteiger partial charge >= 0.3 is 0 Å². The molecule has 0 aliphatic carbocycles. The molecule has 0 aliphatic heterocycles. The van der Waals surface area contributed by atoms with E-state index in [2.05, 4.69) is 34.3 Å². The molecule has 1 aromatic carbocycles. The van der Waals surface area contributed by atoms with Gasteiger partial charge in [0.05, 0.1) is 10.6 Å². The Balaban J connectivity index is 1.69. The van der Waals surface area contributed by atoms with Gasteiger partial charge in [-0.15, -0.1) is 11.3 Å². The van der Waals surface area contributed by atoms with Crippen molar-refractivity contribution < 1.29 is 4.79 Å². The summed E-state index contributed by atoms with van der Waals surface area (Å²) in [7, 11) is 0. The summed E-state index contributed by atoms with van der Waals surface area (Å²) in [5, 5.41) is 11.9. The van der Waals surface area contributed by atoms with Crippen LogP contribution in [0.4, 0.5) is 11.4 Å². The van der Waals surface area contributed by atoms with Gasteiger partial charge in [0.25, 0.3) is 5.91 Å². The molecule has 2 heterocycles. The molecule has 0 atom stereocenters. The third kappa shape index (κ3) is 3.49. The standard InChI is InChI=1S/C18H20N4OS/c1-3-22(4-2)14-9-7-13(8-10-14)19-18(23)16-12-15(20-21-16)17-6-5-11-24-17/h5-12H,3-4H2,1-2H3,(H,19,23)(H,20,21). The molecule has 124 valence electrons. The number of H-pyrrole nitrogens is 1. The van der Waals surface area contributed by atoms with Gasteiger partial charge in [-0.25, -0.2) is 0 Å². The van der Waals surface area contributed by atoms with Crippen molar-refractivity contribution >= 4 is 28.6 Å². The second-order valence-electron chi connectivity index (χ2n) is 5.32. The minimum absolute atomic E-state index is 0.218. The lowest BCUT2D eigenvalue weighted by Gasteiger charge is -2.21. The Hall–Kier alpha value is -2.60. The zero-order chi connectivity index (χ0) is 16.9. The minimum atomic E-state index is -0.218. The fraction of sp³-hybridized carbons (Fsp3) is 0.222. The molecule has 0 spiro atoms. The van der Waals surface area contributed by atoms with Crippen molar-refractivity contribution in [1.29, 1.82) is 0 Å². The molecule has 0 bridgehead atoms. The van der Waals surface area contributed by atoms with E-state index in [4.69, 9.17) is 0 Å². The molecule has 3 aromatic rings. The average Bonchev–Trinajstić information content (AvgIpc) is 3.29. The predicted molar refractivity (Wildman–Crippen MR) is 99.9 cm³/mol. The summed E-state index contributed by atoms with van der Waals surface area (Å²) in [6.45, 7) is 6.17. The number of carbonyl (C=O) groups excluding carboxylic acids is 1. The van der Waals surface area contributed by atoms with Gasteiger partial charge in [-0.3, -0.25) is 9.89 Å². The van der Waals surface area contributed by atoms with Crippen LogP contribution in [-0.2, 0) is 0 Å². The number of nitrogens with one attached hydrogen (secondary N) is 2. The minimum Gasteiger partial charge on any atom is -0.372 e. The maximum Gasteiger partial charge on any atom is 0.276 e. The Bertz CT molecular complexity index is 789. The Morgan fingerprint density at radius 3 is 2.58 bits per heavy atom. The summed E-state index contributed by atoms with van der Waals surface area (Å²) in [5.74, 6) is -0.218. The summed E-state index contributed by atoms with van der Waals surface area (Å²) in [6.07, 6.45) is 0. The van der Waals surface area contributed by atoms with Crippen molar-refractivity contribution in [2.24, 2.45) is 0 Å². The molecule has 5 nitrogen and oxygen atoms in total. The van der Waals surface area contributed by atoms with E-state index in [1.54, 1.807) is 17.4 Å². The highest BCUT2D eigenvalue weighted by atomic mass is 32.1. The maximum atomic E-state index is 12.3. The van der Waals surface area contributed by atoms with Gasteiger partial charge < -0.3 is 10.2 Å². The number of thiophene rings is 1. The highest BCUT2D eigenvalue weighted by molar-refractivity contribution is 7.13. The van der Waals surface area contributed by atoms with Crippen LogP contribution in [0.15, 0.2) is 47.8 Å². The van der Waals surface area contributed by atoms with E-state index in [-0.39, 0.29) is 5.91 Å².